The molecule has 0 aromatic rings. The van der Waals surface area contributed by atoms with Gasteiger partial charge in [0.2, 0.25) is 0 Å². The van der Waals surface area contributed by atoms with Gasteiger partial charge in [-0.25, -0.2) is 0 Å². The van der Waals surface area contributed by atoms with Crippen molar-refractivity contribution >= 4 is 0 Å². The number of rotatable bonds is 6. The molecule has 0 spiro atoms. The standard InChI is InChI=1S/C44H74.C3H6.C2H6/c1-30(2)35(7,8)29-32(5)28-34-19-20-38(12)37(11,36(34,9)10)22-23-40(14)39(38,13)24-25-42(16)41(40,15)26-27-44(31(3)4)21-18-33(6)43(42,44)17;1-3-2;1-2/h33-34H,1,3,5,18-29H2,2,4,6-17H3;3H,1H2,2H3;1-2H3/t33?,34?,37-,38?,39?,40?,41?,42?,43+,44?;;/m0../s1. The molecule has 0 amide bonds. The van der Waals surface area contributed by atoms with E-state index in [1.165, 1.54) is 87.3 Å². The van der Waals surface area contributed by atoms with Crippen molar-refractivity contribution in [3.63, 3.8) is 0 Å². The highest BCUT2D eigenvalue weighted by Crippen LogP contribution is 2.89. The molecular weight excluding hydrogens is 589 g/mol. The van der Waals surface area contributed by atoms with Crippen LogP contribution in [0.3, 0.4) is 0 Å². The predicted molar refractivity (Wildman–Crippen MR) is 221 cm³/mol. The Hall–Kier alpha value is -1.04. The fourth-order valence-electron chi connectivity index (χ4n) is 15.2. The molecule has 0 heterocycles. The van der Waals surface area contributed by atoms with Crippen LogP contribution in [0, 0.1) is 66.0 Å². The minimum Gasteiger partial charge on any atom is -0.103 e. The van der Waals surface area contributed by atoms with Crippen LogP contribution in [0.1, 0.15) is 195 Å². The van der Waals surface area contributed by atoms with E-state index in [1.54, 1.807) is 6.08 Å². The summed E-state index contributed by atoms with van der Waals surface area (Å²) in [5.74, 6) is 1.47. The zero-order valence-corrected chi connectivity index (χ0v) is 36.5. The van der Waals surface area contributed by atoms with Gasteiger partial charge < -0.3 is 0 Å². The van der Waals surface area contributed by atoms with E-state index in [4.69, 9.17) is 6.58 Å². The molecule has 0 bridgehead atoms. The van der Waals surface area contributed by atoms with E-state index in [9.17, 15) is 0 Å². The first kappa shape index (κ1) is 42.4. The first-order chi connectivity index (χ1) is 22.3. The quantitative estimate of drug-likeness (QED) is 0.246. The molecule has 0 aromatic carbocycles. The van der Waals surface area contributed by atoms with Crippen LogP contribution >= 0.6 is 0 Å². The third-order valence-electron chi connectivity index (χ3n) is 20.2. The highest BCUT2D eigenvalue weighted by atomic mass is 14.9. The molecule has 10 atom stereocenters. The van der Waals surface area contributed by atoms with E-state index in [1.807, 2.05) is 20.8 Å². The van der Waals surface area contributed by atoms with Gasteiger partial charge >= 0.3 is 0 Å². The van der Waals surface area contributed by atoms with E-state index in [0.29, 0.717) is 49.2 Å². The molecule has 0 aromatic heterocycles. The minimum absolute atomic E-state index is 0.133. The van der Waals surface area contributed by atoms with E-state index in [-0.39, 0.29) is 10.8 Å². The monoisotopic (exact) mass is 675 g/mol. The van der Waals surface area contributed by atoms with E-state index < -0.39 is 0 Å². The summed E-state index contributed by atoms with van der Waals surface area (Å²) in [4.78, 5) is 0. The van der Waals surface area contributed by atoms with Crippen LogP contribution in [0.5, 0.6) is 0 Å². The highest BCUT2D eigenvalue weighted by Gasteiger charge is 2.81. The van der Waals surface area contributed by atoms with Crippen molar-refractivity contribution in [2.45, 2.75) is 195 Å². The molecule has 5 aliphatic rings. The summed E-state index contributed by atoms with van der Waals surface area (Å²) in [5.41, 5.74) is 7.19. The van der Waals surface area contributed by atoms with Gasteiger partial charge in [0.15, 0.2) is 0 Å². The average molecular weight is 675 g/mol. The van der Waals surface area contributed by atoms with Gasteiger partial charge in [0.1, 0.15) is 0 Å². The number of fused-ring (bicyclic) bond motifs is 7. The highest BCUT2D eigenvalue weighted by molar-refractivity contribution is 5.33. The second-order valence-electron chi connectivity index (χ2n) is 21.2. The number of hydrogen-bond acceptors (Lipinski definition) is 0. The zero-order chi connectivity index (χ0) is 38.1. The Morgan fingerprint density at radius 3 is 1.53 bits per heavy atom. The van der Waals surface area contributed by atoms with Crippen molar-refractivity contribution in [3.8, 4) is 0 Å². The summed E-state index contributed by atoms with van der Waals surface area (Å²) in [6.07, 6.45) is 17.7. The topological polar surface area (TPSA) is 0 Å². The Morgan fingerprint density at radius 1 is 0.653 bits per heavy atom. The molecule has 0 nitrogen and oxygen atoms in total. The molecule has 5 aliphatic carbocycles. The molecule has 5 saturated carbocycles. The van der Waals surface area contributed by atoms with Crippen molar-refractivity contribution in [3.05, 3.63) is 49.1 Å². The molecule has 8 unspecified atom stereocenters. The van der Waals surface area contributed by atoms with Gasteiger partial charge in [0.25, 0.3) is 0 Å². The molecule has 49 heavy (non-hydrogen) atoms. The summed E-state index contributed by atoms with van der Waals surface area (Å²) in [6.45, 7) is 59.8. The molecule has 0 radical (unpaired) electrons. The molecule has 282 valence electrons. The minimum atomic E-state index is 0.133. The lowest BCUT2D eigenvalue weighted by atomic mass is 9.21. The molecule has 0 heteroatoms. The average Bonchev–Trinajstić information content (AvgIpc) is 3.29. The lowest BCUT2D eigenvalue weighted by Crippen LogP contribution is -2.76. The fourth-order valence-corrected chi connectivity index (χ4v) is 15.2. The van der Waals surface area contributed by atoms with Gasteiger partial charge in [-0.15, -0.1) is 6.58 Å². The maximum Gasteiger partial charge on any atom is -0.00315 e. The van der Waals surface area contributed by atoms with Crippen LogP contribution < -0.4 is 0 Å². The van der Waals surface area contributed by atoms with Gasteiger partial charge in [-0.3, -0.25) is 0 Å². The van der Waals surface area contributed by atoms with Crippen LogP contribution in [0.25, 0.3) is 0 Å². The first-order valence-electron chi connectivity index (χ1n) is 20.8. The van der Waals surface area contributed by atoms with Crippen LogP contribution in [0.15, 0.2) is 49.1 Å². The second kappa shape index (κ2) is 13.1. The maximum absolute atomic E-state index is 4.73. The Bertz CT molecular complexity index is 1290. The van der Waals surface area contributed by atoms with Crippen molar-refractivity contribution in [2.24, 2.45) is 66.0 Å². The van der Waals surface area contributed by atoms with Crippen LogP contribution in [-0.2, 0) is 0 Å². The van der Waals surface area contributed by atoms with Crippen molar-refractivity contribution < 1.29 is 0 Å². The summed E-state index contributed by atoms with van der Waals surface area (Å²) >= 11 is 0. The largest absolute Gasteiger partial charge is 0.103 e. The SMILES string of the molecule is C=C(CC1CCC2(C)C3(C)CCC4(C)C(C)(CCC5(C(=C)C)CCC(C)[C@@]54C)C3(C)CC[C@@]2(C)C1(C)C)CC(C)(C)C(=C)C.C=CC.CC. The zero-order valence-electron chi connectivity index (χ0n) is 36.5. The summed E-state index contributed by atoms with van der Waals surface area (Å²) in [5, 5.41) is 0. The van der Waals surface area contributed by atoms with Gasteiger partial charge in [0, 0.05) is 0 Å². The fraction of sp³-hybridized carbons (Fsp3) is 0.837. The van der Waals surface area contributed by atoms with Gasteiger partial charge in [0.05, 0.1) is 0 Å². The maximum atomic E-state index is 4.73. The van der Waals surface area contributed by atoms with Crippen LogP contribution in [0.4, 0.5) is 0 Å². The lowest BCUT2D eigenvalue weighted by Gasteiger charge is -2.83. The summed E-state index contributed by atoms with van der Waals surface area (Å²) in [6, 6.07) is 0. The number of allylic oxidation sites excluding steroid dienone is 4. The second-order valence-corrected chi connectivity index (χ2v) is 21.2. The van der Waals surface area contributed by atoms with Crippen LogP contribution in [-0.4, -0.2) is 0 Å². The summed E-state index contributed by atoms with van der Waals surface area (Å²) < 4.78 is 0. The summed E-state index contributed by atoms with van der Waals surface area (Å²) in [7, 11) is 0. The van der Waals surface area contributed by atoms with Crippen molar-refractivity contribution in [2.75, 3.05) is 0 Å². The van der Waals surface area contributed by atoms with E-state index in [0.717, 1.165) is 12.3 Å². The van der Waals surface area contributed by atoms with Crippen LogP contribution in [0.2, 0.25) is 0 Å². The first-order valence-corrected chi connectivity index (χ1v) is 20.8. The van der Waals surface area contributed by atoms with E-state index in [2.05, 4.69) is 117 Å². The molecule has 0 saturated heterocycles. The molecule has 5 rings (SSSR count). The molecular formula is C49H86. The Labute approximate surface area is 308 Å². The van der Waals surface area contributed by atoms with Gasteiger partial charge in [-0.05, 0) is 164 Å². The van der Waals surface area contributed by atoms with E-state index >= 15 is 0 Å². The number of hydrogen-bond donors (Lipinski definition) is 0. The third-order valence-corrected chi connectivity index (χ3v) is 20.2. The molecule has 5 fully saturated rings. The predicted octanol–water partition coefficient (Wildman–Crippen LogP) is 16.0. The Morgan fingerprint density at radius 2 is 1.06 bits per heavy atom. The van der Waals surface area contributed by atoms with Gasteiger partial charge in [-0.2, -0.15) is 0 Å². The Balaban J connectivity index is 0.00000123. The van der Waals surface area contributed by atoms with Crippen molar-refractivity contribution in [1.29, 1.82) is 0 Å². The lowest BCUT2D eigenvalue weighted by molar-refractivity contribution is -0.347. The molecule has 0 N–H and O–H groups in total. The smallest absolute Gasteiger partial charge is 0.00315 e. The third kappa shape index (κ3) is 5.06. The van der Waals surface area contributed by atoms with Crippen molar-refractivity contribution in [1.82, 2.24) is 0 Å². The Kier molecular flexibility index (Phi) is 11.3. The van der Waals surface area contributed by atoms with Gasteiger partial charge in [-0.1, -0.05) is 139 Å². The normalized spacial score (nSPS) is 46.6. The molecule has 0 aliphatic heterocycles.